The second-order valence-corrected chi connectivity index (χ2v) is 2.68. The summed E-state index contributed by atoms with van der Waals surface area (Å²) < 4.78 is 0. The van der Waals surface area contributed by atoms with Crippen molar-refractivity contribution in [3.8, 4) is 6.07 Å². The van der Waals surface area contributed by atoms with Gasteiger partial charge >= 0.3 is 0 Å². The van der Waals surface area contributed by atoms with E-state index in [1.54, 1.807) is 6.20 Å². The predicted octanol–water partition coefficient (Wildman–Crippen LogP) is 2.93. The van der Waals surface area contributed by atoms with Gasteiger partial charge < -0.3 is 0 Å². The minimum absolute atomic E-state index is 0.546. The highest BCUT2D eigenvalue weighted by Gasteiger charge is 1.96. The first-order valence-corrected chi connectivity index (χ1v) is 4.64. The number of aryl methyl sites for hydroxylation is 1. The van der Waals surface area contributed by atoms with E-state index in [1.807, 2.05) is 25.1 Å². The summed E-state index contributed by atoms with van der Waals surface area (Å²) in [4.78, 5) is 3.91. The van der Waals surface area contributed by atoms with E-state index in [-0.39, 0.29) is 0 Å². The number of pyridine rings is 1. The van der Waals surface area contributed by atoms with Crippen molar-refractivity contribution in [2.45, 2.75) is 33.6 Å². The van der Waals surface area contributed by atoms with Crippen LogP contribution in [0.4, 0.5) is 0 Å². The van der Waals surface area contributed by atoms with E-state index >= 15 is 0 Å². The Balaban J connectivity index is 0.000000424. The van der Waals surface area contributed by atoms with E-state index in [2.05, 4.69) is 18.8 Å². The lowest BCUT2D eigenvalue weighted by Crippen LogP contribution is -1.89. The van der Waals surface area contributed by atoms with Gasteiger partial charge in [0.1, 0.15) is 11.8 Å². The summed E-state index contributed by atoms with van der Waals surface area (Å²) in [6, 6.07) is 5.80. The number of aromatic nitrogens is 1. The molecule has 2 heteroatoms. The maximum Gasteiger partial charge on any atom is 0.143 e. The van der Waals surface area contributed by atoms with Crippen LogP contribution in [0, 0.1) is 11.3 Å². The molecule has 0 atom stereocenters. The predicted molar refractivity (Wildman–Crippen MR) is 54.3 cm³/mol. The lowest BCUT2D eigenvalue weighted by molar-refractivity contribution is 1.08. The van der Waals surface area contributed by atoms with E-state index in [1.165, 1.54) is 6.42 Å². The maximum absolute atomic E-state index is 8.54. The Morgan fingerprint density at radius 2 is 2.00 bits per heavy atom. The number of nitrogens with zero attached hydrogens (tertiary/aromatic N) is 2. The molecule has 0 spiro atoms. The van der Waals surface area contributed by atoms with Gasteiger partial charge in [-0.3, -0.25) is 0 Å². The highest BCUT2D eigenvalue weighted by atomic mass is 14.7. The van der Waals surface area contributed by atoms with E-state index < -0.39 is 0 Å². The highest BCUT2D eigenvalue weighted by molar-refractivity contribution is 5.30. The number of rotatable bonds is 1. The molecule has 1 heterocycles. The minimum atomic E-state index is 0.546. The molecule has 0 aromatic carbocycles. The summed E-state index contributed by atoms with van der Waals surface area (Å²) in [6.07, 6.45) is 3.76. The molecule has 0 amide bonds. The van der Waals surface area contributed by atoms with Crippen molar-refractivity contribution in [2.75, 3.05) is 0 Å². The van der Waals surface area contributed by atoms with Gasteiger partial charge in [-0.2, -0.15) is 5.26 Å². The van der Waals surface area contributed by atoms with Crippen molar-refractivity contribution >= 4 is 0 Å². The second kappa shape index (κ2) is 7.30. The molecule has 2 nitrogen and oxygen atoms in total. The van der Waals surface area contributed by atoms with Gasteiger partial charge in [-0.15, -0.1) is 0 Å². The number of nitriles is 1. The maximum atomic E-state index is 8.54. The summed E-state index contributed by atoms with van der Waals surface area (Å²) >= 11 is 0. The van der Waals surface area contributed by atoms with Crippen LogP contribution in [-0.4, -0.2) is 4.98 Å². The summed E-state index contributed by atoms with van der Waals surface area (Å²) in [5.74, 6) is 0. The van der Waals surface area contributed by atoms with E-state index in [9.17, 15) is 0 Å². The Labute approximate surface area is 80.2 Å². The SMILES string of the molecule is CCC.CCc1cccnc1C#N. The van der Waals surface area contributed by atoms with Crippen LogP contribution in [0.5, 0.6) is 0 Å². The largest absolute Gasteiger partial charge is 0.245 e. The van der Waals surface area contributed by atoms with Crippen LogP contribution in [-0.2, 0) is 6.42 Å². The van der Waals surface area contributed by atoms with Crippen molar-refractivity contribution in [3.05, 3.63) is 29.6 Å². The average molecular weight is 176 g/mol. The van der Waals surface area contributed by atoms with Crippen LogP contribution in [0.25, 0.3) is 0 Å². The van der Waals surface area contributed by atoms with Gasteiger partial charge in [0.15, 0.2) is 0 Å². The third kappa shape index (κ3) is 4.27. The fourth-order valence-electron chi connectivity index (χ4n) is 0.825. The Morgan fingerprint density at radius 1 is 1.38 bits per heavy atom. The Bertz CT molecular complexity index is 274. The van der Waals surface area contributed by atoms with Crippen molar-refractivity contribution in [2.24, 2.45) is 0 Å². The van der Waals surface area contributed by atoms with Crippen LogP contribution < -0.4 is 0 Å². The summed E-state index contributed by atoms with van der Waals surface area (Å²) in [6.45, 7) is 6.26. The molecule has 0 fully saturated rings. The van der Waals surface area contributed by atoms with Crippen molar-refractivity contribution < 1.29 is 0 Å². The van der Waals surface area contributed by atoms with Gasteiger partial charge in [-0.25, -0.2) is 4.98 Å². The van der Waals surface area contributed by atoms with Crippen LogP contribution >= 0.6 is 0 Å². The molecule has 0 radical (unpaired) electrons. The first-order valence-electron chi connectivity index (χ1n) is 4.64. The Kier molecular flexibility index (Phi) is 6.53. The lowest BCUT2D eigenvalue weighted by Gasteiger charge is -1.94. The van der Waals surface area contributed by atoms with Crippen LogP contribution in [0.3, 0.4) is 0 Å². The fourth-order valence-corrected chi connectivity index (χ4v) is 0.825. The van der Waals surface area contributed by atoms with E-state index in [0.29, 0.717) is 5.69 Å². The molecule has 0 N–H and O–H groups in total. The first kappa shape index (κ1) is 11.6. The zero-order valence-electron chi connectivity index (χ0n) is 8.54. The summed E-state index contributed by atoms with van der Waals surface area (Å²) in [5.41, 5.74) is 1.56. The molecule has 0 bridgehead atoms. The summed E-state index contributed by atoms with van der Waals surface area (Å²) in [7, 11) is 0. The first-order chi connectivity index (χ1) is 6.29. The number of hydrogen-bond donors (Lipinski definition) is 0. The second-order valence-electron chi connectivity index (χ2n) is 2.68. The highest BCUT2D eigenvalue weighted by Crippen LogP contribution is 2.03. The van der Waals surface area contributed by atoms with Crippen molar-refractivity contribution in [3.63, 3.8) is 0 Å². The molecule has 1 aromatic heterocycles. The average Bonchev–Trinajstić information content (AvgIpc) is 2.19. The van der Waals surface area contributed by atoms with Crippen molar-refractivity contribution in [1.29, 1.82) is 5.26 Å². The van der Waals surface area contributed by atoms with Gasteiger partial charge in [0.05, 0.1) is 0 Å². The molecule has 13 heavy (non-hydrogen) atoms. The third-order valence-corrected chi connectivity index (χ3v) is 1.38. The zero-order valence-corrected chi connectivity index (χ0v) is 8.54. The van der Waals surface area contributed by atoms with Crippen LogP contribution in [0.2, 0.25) is 0 Å². The molecule has 0 saturated carbocycles. The van der Waals surface area contributed by atoms with Crippen LogP contribution in [0.15, 0.2) is 18.3 Å². The van der Waals surface area contributed by atoms with Crippen LogP contribution in [0.1, 0.15) is 38.4 Å². The molecule has 1 rings (SSSR count). The minimum Gasteiger partial charge on any atom is -0.245 e. The normalized spacial score (nSPS) is 8.15. The summed E-state index contributed by atoms with van der Waals surface area (Å²) in [5, 5.41) is 8.54. The standard InChI is InChI=1S/C8H8N2.C3H8/c1-2-7-4-3-5-10-8(7)6-9;1-3-2/h3-5H,2H2,1H3;3H2,1-2H3. The Morgan fingerprint density at radius 3 is 2.38 bits per heavy atom. The molecule has 0 unspecified atom stereocenters. The molecule has 70 valence electrons. The van der Waals surface area contributed by atoms with Gasteiger partial charge in [-0.05, 0) is 18.1 Å². The van der Waals surface area contributed by atoms with E-state index in [4.69, 9.17) is 5.26 Å². The van der Waals surface area contributed by atoms with Gasteiger partial charge in [0.25, 0.3) is 0 Å². The van der Waals surface area contributed by atoms with Gasteiger partial charge in [0.2, 0.25) is 0 Å². The quantitative estimate of drug-likeness (QED) is 0.659. The molecule has 0 aliphatic carbocycles. The topological polar surface area (TPSA) is 36.7 Å². The lowest BCUT2D eigenvalue weighted by atomic mass is 10.1. The zero-order chi connectivity index (χ0) is 10.1. The third-order valence-electron chi connectivity index (χ3n) is 1.38. The molecular weight excluding hydrogens is 160 g/mol. The van der Waals surface area contributed by atoms with Gasteiger partial charge in [-0.1, -0.05) is 33.3 Å². The van der Waals surface area contributed by atoms with Crippen molar-refractivity contribution in [1.82, 2.24) is 4.98 Å². The Hall–Kier alpha value is -1.36. The molecule has 0 aliphatic rings. The smallest absolute Gasteiger partial charge is 0.143 e. The molecule has 1 aromatic rings. The van der Waals surface area contributed by atoms with Gasteiger partial charge in [0, 0.05) is 6.20 Å². The molecule has 0 aliphatic heterocycles. The monoisotopic (exact) mass is 176 g/mol. The van der Waals surface area contributed by atoms with E-state index in [0.717, 1.165) is 12.0 Å². The molecule has 0 saturated heterocycles. The fraction of sp³-hybridized carbons (Fsp3) is 0.455. The molecular formula is C11H16N2. The number of hydrogen-bond acceptors (Lipinski definition) is 2.